The summed E-state index contributed by atoms with van der Waals surface area (Å²) in [5, 5.41) is 0. The topological polar surface area (TPSA) is 71.0 Å². The Bertz CT molecular complexity index is 1070. The summed E-state index contributed by atoms with van der Waals surface area (Å²) < 4.78 is 33.4. The summed E-state index contributed by atoms with van der Waals surface area (Å²) in [4.78, 5) is 28.6. The highest BCUT2D eigenvalue weighted by molar-refractivity contribution is 9.10. The molecule has 0 fully saturated rings. The lowest BCUT2D eigenvalue weighted by atomic mass is 10.2. The molecule has 0 unspecified atom stereocenters. The van der Waals surface area contributed by atoms with Crippen molar-refractivity contribution in [2.75, 3.05) is 0 Å². The van der Waals surface area contributed by atoms with Crippen LogP contribution >= 0.6 is 15.9 Å². The maximum Gasteiger partial charge on any atom is 0.387 e. The second-order valence-corrected chi connectivity index (χ2v) is 6.08. The minimum atomic E-state index is -2.92. The van der Waals surface area contributed by atoms with Gasteiger partial charge in [-0.1, -0.05) is 12.1 Å². The number of hydrogen-bond acceptors (Lipinski definition) is 4. The van der Waals surface area contributed by atoms with Crippen LogP contribution in [0.25, 0.3) is 11.2 Å². The van der Waals surface area contributed by atoms with Crippen molar-refractivity contribution in [3.05, 3.63) is 55.4 Å². The Morgan fingerprint density at radius 1 is 1.24 bits per heavy atom. The zero-order valence-corrected chi connectivity index (χ0v) is 14.8. The number of fused-ring (bicyclic) bond motifs is 1. The van der Waals surface area contributed by atoms with E-state index in [1.54, 1.807) is 16.7 Å². The average molecular weight is 415 g/mol. The van der Waals surface area contributed by atoms with Crippen LogP contribution in [0.3, 0.4) is 0 Å². The van der Waals surface area contributed by atoms with E-state index in [4.69, 9.17) is 0 Å². The van der Waals surface area contributed by atoms with Crippen LogP contribution in [0.2, 0.25) is 0 Å². The number of ether oxygens (including phenoxy) is 1. The van der Waals surface area contributed by atoms with E-state index in [1.165, 1.54) is 30.8 Å². The van der Waals surface area contributed by atoms with Crippen LogP contribution in [0.15, 0.2) is 38.6 Å². The average Bonchev–Trinajstić information content (AvgIpc) is 2.87. The summed E-state index contributed by atoms with van der Waals surface area (Å²) in [7, 11) is 2.91. The quantitative estimate of drug-likeness (QED) is 0.610. The highest BCUT2D eigenvalue weighted by Gasteiger charge is 2.18. The lowest BCUT2D eigenvalue weighted by Gasteiger charge is -2.11. The monoisotopic (exact) mass is 414 g/mol. The van der Waals surface area contributed by atoms with Gasteiger partial charge in [0, 0.05) is 14.1 Å². The molecule has 2 heterocycles. The Morgan fingerprint density at radius 3 is 2.64 bits per heavy atom. The second kappa shape index (κ2) is 6.43. The fraction of sp³-hybridized carbons (Fsp3) is 0.267. The van der Waals surface area contributed by atoms with Crippen molar-refractivity contribution in [3.63, 3.8) is 0 Å². The minimum Gasteiger partial charge on any atom is -0.435 e. The van der Waals surface area contributed by atoms with Crippen LogP contribution < -0.4 is 16.0 Å². The van der Waals surface area contributed by atoms with Gasteiger partial charge in [0.15, 0.2) is 15.9 Å². The van der Waals surface area contributed by atoms with E-state index >= 15 is 0 Å². The smallest absolute Gasteiger partial charge is 0.387 e. The van der Waals surface area contributed by atoms with Crippen molar-refractivity contribution in [2.45, 2.75) is 13.2 Å². The Hall–Kier alpha value is -2.49. The van der Waals surface area contributed by atoms with Gasteiger partial charge in [0.25, 0.3) is 5.56 Å². The molecule has 132 valence electrons. The molecule has 0 saturated carbocycles. The number of aryl methyl sites for hydroxylation is 1. The van der Waals surface area contributed by atoms with Crippen LogP contribution in [-0.2, 0) is 20.6 Å². The Morgan fingerprint density at radius 2 is 1.96 bits per heavy atom. The lowest BCUT2D eigenvalue weighted by Crippen LogP contribution is -2.37. The molecule has 0 radical (unpaired) electrons. The summed E-state index contributed by atoms with van der Waals surface area (Å²) in [5.41, 5.74) is 0.121. The van der Waals surface area contributed by atoms with Gasteiger partial charge < -0.3 is 4.74 Å². The maximum absolute atomic E-state index is 12.4. The van der Waals surface area contributed by atoms with Gasteiger partial charge in [-0.25, -0.2) is 9.78 Å². The molecule has 0 spiro atoms. The van der Waals surface area contributed by atoms with E-state index in [0.29, 0.717) is 15.9 Å². The highest BCUT2D eigenvalue weighted by atomic mass is 79.9. The number of hydrogen-bond donors (Lipinski definition) is 0. The number of benzene rings is 1. The first kappa shape index (κ1) is 17.3. The van der Waals surface area contributed by atoms with E-state index in [-0.39, 0.29) is 17.8 Å². The molecule has 0 bridgehead atoms. The number of rotatable bonds is 4. The van der Waals surface area contributed by atoms with Gasteiger partial charge in [-0.2, -0.15) is 8.78 Å². The molecule has 0 aliphatic carbocycles. The molecule has 0 atom stereocenters. The summed E-state index contributed by atoms with van der Waals surface area (Å²) >= 11 is 3.28. The fourth-order valence-electron chi connectivity index (χ4n) is 2.61. The van der Waals surface area contributed by atoms with Gasteiger partial charge in [-0.3, -0.25) is 18.5 Å². The van der Waals surface area contributed by atoms with Crippen molar-refractivity contribution in [1.29, 1.82) is 0 Å². The van der Waals surface area contributed by atoms with Gasteiger partial charge in [-0.15, -0.1) is 0 Å². The van der Waals surface area contributed by atoms with Crippen LogP contribution in [0.1, 0.15) is 5.56 Å². The predicted octanol–water partition coefficient (Wildman–Crippen LogP) is 1.85. The maximum atomic E-state index is 12.4. The van der Waals surface area contributed by atoms with Gasteiger partial charge in [0.05, 0.1) is 6.54 Å². The zero-order valence-electron chi connectivity index (χ0n) is 13.2. The van der Waals surface area contributed by atoms with E-state index in [1.807, 2.05) is 0 Å². The summed E-state index contributed by atoms with van der Waals surface area (Å²) in [5.74, 6) is 0.0258. The van der Waals surface area contributed by atoms with Gasteiger partial charge >= 0.3 is 12.3 Å². The van der Waals surface area contributed by atoms with Crippen molar-refractivity contribution in [1.82, 2.24) is 18.7 Å². The number of aromatic nitrogens is 4. The fourth-order valence-corrected chi connectivity index (χ4v) is 3.08. The standard InChI is InChI=1S/C15H13BrF2N4O3/c1-20-11-10(12(23)21(2)15(20)24)19-13(16)22(11)7-8-4-3-5-9(6-8)25-14(17)18/h3-6,14H,7H2,1-2H3. The van der Waals surface area contributed by atoms with Crippen molar-refractivity contribution in [3.8, 4) is 5.75 Å². The molecule has 10 heteroatoms. The Kier molecular flexibility index (Phi) is 4.46. The molecular formula is C15H13BrF2N4O3. The van der Waals surface area contributed by atoms with E-state index < -0.39 is 17.9 Å². The lowest BCUT2D eigenvalue weighted by molar-refractivity contribution is -0.0498. The van der Waals surface area contributed by atoms with Crippen LogP contribution in [0, 0.1) is 0 Å². The number of nitrogens with zero attached hydrogens (tertiary/aromatic N) is 4. The first-order valence-electron chi connectivity index (χ1n) is 7.15. The third kappa shape index (κ3) is 3.09. The predicted molar refractivity (Wildman–Crippen MR) is 90.1 cm³/mol. The summed E-state index contributed by atoms with van der Waals surface area (Å²) in [6.45, 7) is -2.71. The SMILES string of the molecule is Cn1c(=O)c2nc(Br)n(Cc3cccc(OC(F)F)c3)c2n(C)c1=O. The van der Waals surface area contributed by atoms with E-state index in [2.05, 4.69) is 25.7 Å². The van der Waals surface area contributed by atoms with Gasteiger partial charge in [0.2, 0.25) is 0 Å². The molecule has 25 heavy (non-hydrogen) atoms. The molecule has 1 aromatic carbocycles. The molecule has 7 nitrogen and oxygen atoms in total. The Balaban J connectivity index is 2.13. The van der Waals surface area contributed by atoms with Crippen LogP contribution in [0.5, 0.6) is 5.75 Å². The van der Waals surface area contributed by atoms with Crippen molar-refractivity contribution < 1.29 is 13.5 Å². The molecule has 0 saturated heterocycles. The summed E-state index contributed by atoms with van der Waals surface area (Å²) in [6, 6.07) is 6.18. The molecule has 0 N–H and O–H groups in total. The van der Waals surface area contributed by atoms with Gasteiger partial charge in [0.1, 0.15) is 5.75 Å². The molecule has 3 rings (SSSR count). The second-order valence-electron chi connectivity index (χ2n) is 5.37. The third-order valence-corrected chi connectivity index (χ3v) is 4.36. The largest absolute Gasteiger partial charge is 0.435 e. The Labute approximate surface area is 148 Å². The molecule has 3 aromatic rings. The normalized spacial score (nSPS) is 11.4. The molecule has 0 amide bonds. The van der Waals surface area contributed by atoms with E-state index in [9.17, 15) is 18.4 Å². The van der Waals surface area contributed by atoms with Gasteiger partial charge in [-0.05, 0) is 33.6 Å². The number of halogens is 3. The third-order valence-electron chi connectivity index (χ3n) is 3.76. The number of imidazole rings is 1. The van der Waals surface area contributed by atoms with Crippen LogP contribution in [-0.4, -0.2) is 25.3 Å². The van der Waals surface area contributed by atoms with Crippen molar-refractivity contribution >= 4 is 27.1 Å². The zero-order chi connectivity index (χ0) is 18.3. The molecule has 0 aliphatic heterocycles. The summed E-state index contributed by atoms with van der Waals surface area (Å²) in [6.07, 6.45) is 0. The molecular weight excluding hydrogens is 402 g/mol. The minimum absolute atomic E-state index is 0.0258. The first-order valence-corrected chi connectivity index (χ1v) is 7.94. The highest BCUT2D eigenvalue weighted by Crippen LogP contribution is 2.21. The van der Waals surface area contributed by atoms with Crippen LogP contribution in [0.4, 0.5) is 8.78 Å². The van der Waals surface area contributed by atoms with E-state index in [0.717, 1.165) is 4.57 Å². The van der Waals surface area contributed by atoms with Crippen molar-refractivity contribution in [2.24, 2.45) is 14.1 Å². The number of alkyl halides is 2. The molecule has 0 aliphatic rings. The molecule has 2 aromatic heterocycles. The first-order chi connectivity index (χ1) is 11.8.